The molecule has 0 spiro atoms. The summed E-state index contributed by atoms with van der Waals surface area (Å²) in [6.07, 6.45) is 0. The quantitative estimate of drug-likeness (QED) is 0.401. The van der Waals surface area contributed by atoms with Crippen molar-refractivity contribution in [2.45, 2.75) is 0 Å². The molecule has 3 heterocycles. The van der Waals surface area contributed by atoms with Crippen molar-refractivity contribution in [1.29, 1.82) is 0 Å². The Bertz CT molecular complexity index is 1440. The van der Waals surface area contributed by atoms with E-state index in [1.165, 1.54) is 20.5 Å². The zero-order chi connectivity index (χ0) is 20.7. The fraction of sp³-hybridized carbons (Fsp3) is 0. The zero-order valence-electron chi connectivity index (χ0n) is 15.3. The van der Waals surface area contributed by atoms with Gasteiger partial charge in [0.15, 0.2) is 5.69 Å². The van der Waals surface area contributed by atoms with E-state index in [2.05, 4.69) is 15.2 Å². The van der Waals surface area contributed by atoms with E-state index in [9.17, 15) is 9.59 Å². The van der Waals surface area contributed by atoms with Crippen LogP contribution in [-0.2, 0) is 0 Å². The molecular formula is C21H12ClN5O2S. The van der Waals surface area contributed by atoms with E-state index < -0.39 is 5.56 Å². The van der Waals surface area contributed by atoms with Gasteiger partial charge in [0, 0.05) is 10.6 Å². The Kier molecular flexibility index (Phi) is 4.50. The molecule has 0 aliphatic heterocycles. The first-order valence-electron chi connectivity index (χ1n) is 8.91. The van der Waals surface area contributed by atoms with Crippen LogP contribution < -0.4 is 5.56 Å². The summed E-state index contributed by atoms with van der Waals surface area (Å²) in [5, 5.41) is 11.2. The molecule has 2 aromatic carbocycles. The number of thiophene rings is 1. The van der Waals surface area contributed by atoms with E-state index in [1.54, 1.807) is 60.7 Å². The van der Waals surface area contributed by atoms with Gasteiger partial charge in [0.1, 0.15) is 0 Å². The van der Waals surface area contributed by atoms with Crippen LogP contribution >= 0.6 is 22.9 Å². The van der Waals surface area contributed by atoms with Crippen molar-refractivity contribution in [2.24, 2.45) is 0 Å². The van der Waals surface area contributed by atoms with Gasteiger partial charge < -0.3 is 0 Å². The molecule has 0 radical (unpaired) electrons. The largest absolute Gasteiger partial charge is 0.301 e. The summed E-state index contributed by atoms with van der Waals surface area (Å²) in [4.78, 5) is 30.6. The second kappa shape index (κ2) is 7.33. The highest BCUT2D eigenvalue weighted by Crippen LogP contribution is 2.20. The number of halogens is 1. The van der Waals surface area contributed by atoms with E-state index in [0.29, 0.717) is 21.2 Å². The summed E-state index contributed by atoms with van der Waals surface area (Å²) < 4.78 is 2.71. The lowest BCUT2D eigenvalue weighted by atomic mass is 10.2. The highest BCUT2D eigenvalue weighted by atomic mass is 35.5. The third-order valence-electron chi connectivity index (χ3n) is 4.43. The van der Waals surface area contributed by atoms with Gasteiger partial charge in [-0.05, 0) is 29.6 Å². The number of benzene rings is 2. The molecule has 0 atom stereocenters. The Morgan fingerprint density at radius 3 is 2.53 bits per heavy atom. The second-order valence-corrected chi connectivity index (χ2v) is 7.75. The monoisotopic (exact) mass is 433 g/mol. The molecule has 5 aromatic rings. The highest BCUT2D eigenvalue weighted by Gasteiger charge is 2.23. The molecule has 7 nitrogen and oxygen atoms in total. The van der Waals surface area contributed by atoms with Crippen molar-refractivity contribution < 1.29 is 4.79 Å². The number of carbonyl (C=O) groups excluding carboxylic acids is 1. The van der Waals surface area contributed by atoms with Gasteiger partial charge >= 0.3 is 5.56 Å². The third-order valence-corrected chi connectivity index (χ3v) is 5.53. The Hall–Kier alpha value is -3.62. The number of aromatic nitrogens is 5. The molecule has 0 amide bonds. The van der Waals surface area contributed by atoms with E-state index in [0.717, 1.165) is 0 Å². The van der Waals surface area contributed by atoms with Crippen molar-refractivity contribution in [1.82, 2.24) is 24.4 Å². The van der Waals surface area contributed by atoms with Gasteiger partial charge in [-0.25, -0.2) is 0 Å². The smallest absolute Gasteiger partial charge is 0.284 e. The zero-order valence-corrected chi connectivity index (χ0v) is 16.8. The number of fused-ring (bicyclic) bond motifs is 1. The average molecular weight is 434 g/mol. The van der Waals surface area contributed by atoms with Crippen LogP contribution in [0.25, 0.3) is 22.7 Å². The van der Waals surface area contributed by atoms with Crippen LogP contribution in [0.1, 0.15) is 15.5 Å². The number of carbonyl (C=O) groups is 1. The number of ketones is 1. The third kappa shape index (κ3) is 3.12. The predicted octanol–water partition coefficient (Wildman–Crippen LogP) is 3.89. The molecule has 0 aliphatic carbocycles. The molecule has 0 saturated carbocycles. The summed E-state index contributed by atoms with van der Waals surface area (Å²) in [6.45, 7) is 0. The van der Waals surface area contributed by atoms with Gasteiger partial charge in [0.05, 0.1) is 10.6 Å². The van der Waals surface area contributed by atoms with Crippen molar-refractivity contribution in [3.05, 3.63) is 98.2 Å². The minimum atomic E-state index is -0.514. The molecule has 3 aromatic heterocycles. The highest BCUT2D eigenvalue weighted by molar-refractivity contribution is 7.12. The van der Waals surface area contributed by atoms with Crippen LogP contribution in [0.2, 0.25) is 5.02 Å². The Balaban J connectivity index is 1.81. The van der Waals surface area contributed by atoms with Crippen LogP contribution in [-0.4, -0.2) is 30.2 Å². The van der Waals surface area contributed by atoms with Gasteiger partial charge in [-0.15, -0.1) is 16.4 Å². The molecule has 0 bridgehead atoms. The standard InChI is InChI=1S/C21H12ClN5O2S/c22-14-8-4-9-15(12-14)26-21-23-20(29)17(13-6-2-1-3-7-13)24-27(21)19(25-26)18(28)16-10-5-11-30-16/h1-12H. The molecule has 9 heteroatoms. The summed E-state index contributed by atoms with van der Waals surface area (Å²) in [6, 6.07) is 19.4. The number of hydrogen-bond donors (Lipinski definition) is 0. The maximum Gasteiger partial charge on any atom is 0.301 e. The maximum absolute atomic E-state index is 13.1. The molecule has 0 unspecified atom stereocenters. The molecular weight excluding hydrogens is 422 g/mol. The first-order chi connectivity index (χ1) is 14.6. The van der Waals surface area contributed by atoms with Gasteiger partial charge in [0.2, 0.25) is 11.6 Å². The number of hydrogen-bond acceptors (Lipinski definition) is 6. The average Bonchev–Trinajstić information content (AvgIpc) is 3.42. The van der Waals surface area contributed by atoms with Gasteiger partial charge in [0.25, 0.3) is 5.78 Å². The van der Waals surface area contributed by atoms with Crippen molar-refractivity contribution in [2.75, 3.05) is 0 Å². The molecule has 0 saturated heterocycles. The summed E-state index contributed by atoms with van der Waals surface area (Å²) in [7, 11) is 0. The minimum absolute atomic E-state index is 0.0529. The Morgan fingerprint density at radius 1 is 0.967 bits per heavy atom. The first kappa shape index (κ1) is 18.4. The summed E-state index contributed by atoms with van der Waals surface area (Å²) >= 11 is 7.42. The van der Waals surface area contributed by atoms with E-state index in [4.69, 9.17) is 11.6 Å². The fourth-order valence-corrected chi connectivity index (χ4v) is 3.90. The van der Waals surface area contributed by atoms with E-state index in [1.807, 2.05) is 11.4 Å². The molecule has 5 rings (SSSR count). The van der Waals surface area contributed by atoms with Gasteiger partial charge in [-0.3, -0.25) is 9.59 Å². The van der Waals surface area contributed by atoms with Crippen LogP contribution in [0.15, 0.2) is 76.9 Å². The van der Waals surface area contributed by atoms with Gasteiger partial charge in [-0.2, -0.15) is 19.3 Å². The predicted molar refractivity (Wildman–Crippen MR) is 115 cm³/mol. The van der Waals surface area contributed by atoms with Crippen LogP contribution in [0.4, 0.5) is 0 Å². The molecule has 30 heavy (non-hydrogen) atoms. The lowest BCUT2D eigenvalue weighted by Crippen LogP contribution is -2.18. The number of nitrogens with zero attached hydrogens (tertiary/aromatic N) is 5. The minimum Gasteiger partial charge on any atom is -0.284 e. The normalized spacial score (nSPS) is 11.1. The van der Waals surface area contributed by atoms with Crippen molar-refractivity contribution in [3.8, 4) is 16.9 Å². The lowest BCUT2D eigenvalue weighted by molar-refractivity contribution is 0.103. The molecule has 0 N–H and O–H groups in total. The molecule has 0 fully saturated rings. The second-order valence-electron chi connectivity index (χ2n) is 6.37. The summed E-state index contributed by atoms with van der Waals surface area (Å²) in [5.41, 5.74) is 0.791. The fourth-order valence-electron chi connectivity index (χ4n) is 3.06. The van der Waals surface area contributed by atoms with E-state index >= 15 is 0 Å². The van der Waals surface area contributed by atoms with Crippen LogP contribution in [0.3, 0.4) is 0 Å². The lowest BCUT2D eigenvalue weighted by Gasteiger charge is -2.03. The Labute approximate surface area is 178 Å². The van der Waals surface area contributed by atoms with Crippen LogP contribution in [0, 0.1) is 0 Å². The first-order valence-corrected chi connectivity index (χ1v) is 10.2. The van der Waals surface area contributed by atoms with Crippen LogP contribution in [0.5, 0.6) is 0 Å². The SMILES string of the molecule is O=C(c1cccs1)c1nn(-c2cccc(Cl)c2)c2nc(=O)c(-c3ccccc3)nn12. The molecule has 0 aliphatic rings. The molecule has 146 valence electrons. The van der Waals surface area contributed by atoms with Gasteiger partial charge in [-0.1, -0.05) is 54.1 Å². The number of rotatable bonds is 4. The summed E-state index contributed by atoms with van der Waals surface area (Å²) in [5.74, 6) is -0.133. The maximum atomic E-state index is 13.1. The Morgan fingerprint density at radius 2 is 1.80 bits per heavy atom. The van der Waals surface area contributed by atoms with Crippen molar-refractivity contribution in [3.63, 3.8) is 0 Å². The topological polar surface area (TPSA) is 82.1 Å². The van der Waals surface area contributed by atoms with Crippen molar-refractivity contribution >= 4 is 34.5 Å². The van der Waals surface area contributed by atoms with E-state index in [-0.39, 0.29) is 23.1 Å².